The van der Waals surface area contributed by atoms with Crippen LogP contribution in [0.2, 0.25) is 0 Å². The summed E-state index contributed by atoms with van der Waals surface area (Å²) in [4.78, 5) is 0. The molecule has 1 atom stereocenters. The summed E-state index contributed by atoms with van der Waals surface area (Å²) in [7, 11) is -0.703. The zero-order chi connectivity index (χ0) is 33.2. The second kappa shape index (κ2) is 24.2. The number of rotatable bonds is 17. The molecule has 0 heterocycles. The first-order valence-electron chi connectivity index (χ1n) is 18.8. The molecule has 272 valence electrons. The largest absolute Gasteiger partial charge is 4.00 e. The molecular weight excluding hydrogens is 723 g/mol. The van der Waals surface area contributed by atoms with Crippen molar-refractivity contribution in [2.75, 3.05) is 0 Å². The molecule has 4 rings (SSSR count). The molecule has 4 aromatic rings. The normalized spacial score (nSPS) is 11.5. The Hall–Kier alpha value is -1.19. The minimum atomic E-state index is -0.703. The van der Waals surface area contributed by atoms with E-state index in [4.69, 9.17) is 0 Å². The van der Waals surface area contributed by atoms with E-state index in [2.05, 4.69) is 117 Å². The van der Waals surface area contributed by atoms with Gasteiger partial charge in [0.15, 0.2) is 0 Å². The van der Waals surface area contributed by atoms with Gasteiger partial charge in [-0.25, -0.2) is 0 Å². The fraction of sp³-hybridized carbons (Fsp3) is 0.489. The molecule has 0 aromatic heterocycles. The summed E-state index contributed by atoms with van der Waals surface area (Å²) in [5.41, 5.74) is 20.0. The second-order valence-electron chi connectivity index (χ2n) is 14.4. The van der Waals surface area contributed by atoms with E-state index in [-0.39, 0.29) is 58.9 Å². The second-order valence-corrected chi connectivity index (χ2v) is 16.4. The average molecular weight is 786 g/mol. The van der Waals surface area contributed by atoms with Gasteiger partial charge in [-0.15, -0.1) is 16.7 Å². The number of hydrogen-bond donors (Lipinski definition) is 0. The van der Waals surface area contributed by atoms with Crippen molar-refractivity contribution < 1.29 is 58.9 Å². The first kappa shape index (κ1) is 48.8. The molecule has 0 aliphatic heterocycles. The Labute approximate surface area is 343 Å². The molecule has 0 spiro atoms. The molecule has 0 amide bonds. The minimum Gasteiger partial charge on any atom is -1.00 e. The molecule has 50 heavy (non-hydrogen) atoms. The SMILES string of the molecule is CCCCCCc1cc(CCCCCC)cc(C([SiH2]c2cc(C)cc(C)c2)[c-]2c(C)c(C)c(C)c2-c2cc(CC)cc(CC)c2)c1.[Cl-].[Cl-].[Cl-].[Ti+4]. The smallest absolute Gasteiger partial charge is 1.00 e. The summed E-state index contributed by atoms with van der Waals surface area (Å²) in [6.07, 6.45) is 15.1. The first-order chi connectivity index (χ1) is 22.2. The van der Waals surface area contributed by atoms with Crippen molar-refractivity contribution in [3.63, 3.8) is 0 Å². The van der Waals surface area contributed by atoms with Crippen molar-refractivity contribution in [1.29, 1.82) is 0 Å². The Kier molecular flexibility index (Phi) is 23.6. The third-order valence-electron chi connectivity index (χ3n) is 10.5. The number of hydrogen-bond acceptors (Lipinski definition) is 0. The van der Waals surface area contributed by atoms with E-state index in [1.165, 1.54) is 114 Å². The van der Waals surface area contributed by atoms with Gasteiger partial charge in [0.1, 0.15) is 0 Å². The molecule has 0 aliphatic rings. The molecule has 0 saturated carbocycles. The van der Waals surface area contributed by atoms with E-state index in [1.807, 2.05) is 0 Å². The molecule has 1 unspecified atom stereocenters. The van der Waals surface area contributed by atoms with Gasteiger partial charge in [-0.2, -0.15) is 11.1 Å². The van der Waals surface area contributed by atoms with Gasteiger partial charge in [0.25, 0.3) is 0 Å². The van der Waals surface area contributed by atoms with Crippen LogP contribution in [0.5, 0.6) is 0 Å². The summed E-state index contributed by atoms with van der Waals surface area (Å²) in [6.45, 7) is 21.0. The Balaban J connectivity index is 0.00000600. The first-order valence-corrected chi connectivity index (χ1v) is 20.3. The van der Waals surface area contributed by atoms with Crippen LogP contribution in [0.15, 0.2) is 54.6 Å². The van der Waals surface area contributed by atoms with Gasteiger partial charge in [-0.1, -0.05) is 180 Å². The van der Waals surface area contributed by atoms with Gasteiger partial charge in [-0.05, 0) is 69.0 Å². The number of halogens is 3. The van der Waals surface area contributed by atoms with Gasteiger partial charge in [0.05, 0.1) is 9.52 Å². The molecule has 5 heteroatoms. The topological polar surface area (TPSA) is 0 Å². The molecule has 0 saturated heterocycles. The van der Waals surface area contributed by atoms with Crippen LogP contribution in [0.1, 0.15) is 146 Å². The van der Waals surface area contributed by atoms with Crippen LogP contribution < -0.4 is 42.4 Å². The Morgan fingerprint density at radius 3 is 1.48 bits per heavy atom. The summed E-state index contributed by atoms with van der Waals surface area (Å²) in [5, 5.41) is 1.60. The fourth-order valence-corrected chi connectivity index (χ4v) is 10.3. The third kappa shape index (κ3) is 13.0. The molecule has 0 nitrogen and oxygen atoms in total. The predicted molar refractivity (Wildman–Crippen MR) is 209 cm³/mol. The maximum absolute atomic E-state index is 2.64. The van der Waals surface area contributed by atoms with Crippen LogP contribution >= 0.6 is 0 Å². The van der Waals surface area contributed by atoms with E-state index in [1.54, 1.807) is 27.4 Å². The summed E-state index contributed by atoms with van der Waals surface area (Å²) in [6, 6.07) is 22.6. The van der Waals surface area contributed by atoms with E-state index >= 15 is 0 Å². The summed E-state index contributed by atoms with van der Waals surface area (Å²) in [5.74, 6) is 0. The minimum absolute atomic E-state index is 0. The van der Waals surface area contributed by atoms with Crippen LogP contribution in [-0.4, -0.2) is 9.52 Å². The zero-order valence-electron chi connectivity index (χ0n) is 32.6. The summed E-state index contributed by atoms with van der Waals surface area (Å²) >= 11 is 0. The van der Waals surface area contributed by atoms with Gasteiger partial charge >= 0.3 is 21.7 Å². The van der Waals surface area contributed by atoms with Gasteiger partial charge in [-0.3, -0.25) is 0 Å². The van der Waals surface area contributed by atoms with Crippen LogP contribution in [0.3, 0.4) is 0 Å². The van der Waals surface area contributed by atoms with E-state index < -0.39 is 9.52 Å². The van der Waals surface area contributed by atoms with E-state index in [9.17, 15) is 0 Å². The van der Waals surface area contributed by atoms with Gasteiger partial charge in [0, 0.05) is 0 Å². The van der Waals surface area contributed by atoms with Crippen molar-refractivity contribution in [2.24, 2.45) is 0 Å². The predicted octanol–water partition coefficient (Wildman–Crippen LogP) is 2.58. The zero-order valence-corrected chi connectivity index (χ0v) is 37.8. The molecule has 0 aliphatic carbocycles. The molecule has 4 aromatic carbocycles. The van der Waals surface area contributed by atoms with Crippen molar-refractivity contribution >= 4 is 14.7 Å². The standard InChI is InChI=1S/C45H63Si.3ClH.Ti/c1-10-14-16-18-20-38-26-39(21-19-17-15-11-2)30-41(29-38)45(46-42-23-31(5)22-32(6)24-42)44-35(9)33(7)34(8)43(44)40-27-36(12-3)25-37(13-4)28-40;;;;/h22-30,45H,10-21,46H2,1-9H3;3*1H;/q-1;;;;+4/p-3. The molecule has 0 bridgehead atoms. The van der Waals surface area contributed by atoms with E-state index in [0.29, 0.717) is 5.54 Å². The third-order valence-corrected chi connectivity index (χ3v) is 12.7. The molecular formula is C45H63Cl3SiTi. The Morgan fingerprint density at radius 2 is 1.02 bits per heavy atom. The van der Waals surface area contributed by atoms with Gasteiger partial charge in [0.2, 0.25) is 0 Å². The van der Waals surface area contributed by atoms with Crippen LogP contribution in [-0.2, 0) is 47.4 Å². The maximum atomic E-state index is 2.64. The Bertz CT molecular complexity index is 1520. The maximum Gasteiger partial charge on any atom is 4.00 e. The number of benzene rings is 3. The van der Waals surface area contributed by atoms with Crippen LogP contribution in [0.4, 0.5) is 0 Å². The van der Waals surface area contributed by atoms with Crippen molar-refractivity contribution in [3.05, 3.63) is 116 Å². The molecule has 0 fully saturated rings. The van der Waals surface area contributed by atoms with E-state index in [0.717, 1.165) is 12.8 Å². The monoisotopic (exact) mass is 784 g/mol. The number of aryl methyl sites for hydroxylation is 6. The van der Waals surface area contributed by atoms with Crippen molar-refractivity contribution in [1.82, 2.24) is 0 Å². The van der Waals surface area contributed by atoms with Gasteiger partial charge < -0.3 is 37.2 Å². The summed E-state index contributed by atoms with van der Waals surface area (Å²) < 4.78 is 0. The molecule has 0 N–H and O–H groups in total. The van der Waals surface area contributed by atoms with Crippen LogP contribution in [0, 0.1) is 34.6 Å². The number of unbranched alkanes of at least 4 members (excludes halogenated alkanes) is 6. The van der Waals surface area contributed by atoms with Crippen molar-refractivity contribution in [3.8, 4) is 11.1 Å². The Morgan fingerprint density at radius 1 is 0.540 bits per heavy atom. The van der Waals surface area contributed by atoms with Crippen molar-refractivity contribution in [2.45, 2.75) is 145 Å². The fourth-order valence-electron chi connectivity index (χ4n) is 7.79. The molecule has 0 radical (unpaired) electrons. The van der Waals surface area contributed by atoms with Crippen LogP contribution in [0.25, 0.3) is 11.1 Å². The quantitative estimate of drug-likeness (QED) is 0.0879. The average Bonchev–Trinajstić information content (AvgIpc) is 3.26.